The van der Waals surface area contributed by atoms with Crippen LogP contribution in [0.1, 0.15) is 49.3 Å². The number of alkyl halides is 3. The van der Waals surface area contributed by atoms with Gasteiger partial charge in [-0.25, -0.2) is 4.79 Å². The number of carbonyl (C=O) groups is 1. The van der Waals surface area contributed by atoms with Crippen molar-refractivity contribution in [2.45, 2.75) is 59.0 Å². The third-order valence-corrected chi connectivity index (χ3v) is 6.33. The van der Waals surface area contributed by atoms with Crippen LogP contribution in [0.5, 0.6) is 0 Å². The number of nitrogens with zero attached hydrogens (tertiary/aromatic N) is 2. The molecule has 8 heteroatoms. The molecule has 0 fully saturated rings. The SMILES string of the molecule is Cc1c([C@H](OC(C)(C)C)C(=O)O)c(-c2ccc(C(F)(F)F)cc2)c2cc(C)n3c2c1N(C)CC3. The van der Waals surface area contributed by atoms with Gasteiger partial charge < -0.3 is 19.3 Å². The van der Waals surface area contributed by atoms with Crippen molar-refractivity contribution in [3.8, 4) is 11.1 Å². The van der Waals surface area contributed by atoms with Gasteiger partial charge in [0.15, 0.2) is 6.10 Å². The van der Waals surface area contributed by atoms with Crippen LogP contribution in [0, 0.1) is 13.8 Å². The quantitative estimate of drug-likeness (QED) is 0.480. The van der Waals surface area contributed by atoms with Crippen molar-refractivity contribution in [2.75, 3.05) is 18.5 Å². The minimum atomic E-state index is -4.46. The van der Waals surface area contributed by atoms with Crippen molar-refractivity contribution in [1.82, 2.24) is 4.57 Å². The number of ether oxygens (including phenoxy) is 1. The van der Waals surface area contributed by atoms with E-state index in [0.717, 1.165) is 53.1 Å². The summed E-state index contributed by atoms with van der Waals surface area (Å²) in [7, 11) is 1.97. The summed E-state index contributed by atoms with van der Waals surface area (Å²) in [6, 6.07) is 6.90. The van der Waals surface area contributed by atoms with Crippen LogP contribution in [0.25, 0.3) is 22.0 Å². The van der Waals surface area contributed by atoms with Crippen LogP contribution >= 0.6 is 0 Å². The van der Waals surface area contributed by atoms with Crippen LogP contribution in [-0.2, 0) is 22.3 Å². The van der Waals surface area contributed by atoms with Gasteiger partial charge >= 0.3 is 12.1 Å². The van der Waals surface area contributed by atoms with Gasteiger partial charge in [0.1, 0.15) is 0 Å². The predicted molar refractivity (Wildman–Crippen MR) is 126 cm³/mol. The summed E-state index contributed by atoms with van der Waals surface area (Å²) in [5.74, 6) is -1.15. The first-order chi connectivity index (χ1) is 15.7. The Labute approximate surface area is 196 Å². The molecule has 1 N–H and O–H groups in total. The summed E-state index contributed by atoms with van der Waals surface area (Å²) in [6.07, 6.45) is -5.75. The Hall–Kier alpha value is -3.00. The molecule has 0 bridgehead atoms. The number of aryl methyl sites for hydroxylation is 1. The van der Waals surface area contributed by atoms with Crippen molar-refractivity contribution in [3.63, 3.8) is 0 Å². The van der Waals surface area contributed by atoms with Crippen molar-refractivity contribution >= 4 is 22.6 Å². The van der Waals surface area contributed by atoms with E-state index in [9.17, 15) is 23.1 Å². The molecule has 2 heterocycles. The third-order valence-electron chi connectivity index (χ3n) is 6.33. The van der Waals surface area contributed by atoms with Gasteiger partial charge in [0, 0.05) is 36.8 Å². The summed E-state index contributed by atoms with van der Waals surface area (Å²) in [4.78, 5) is 14.6. The number of rotatable bonds is 4. The lowest BCUT2D eigenvalue weighted by Crippen LogP contribution is -2.31. The molecular formula is C26H29F3N2O3. The van der Waals surface area contributed by atoms with Crippen LogP contribution in [-0.4, -0.2) is 34.8 Å². The van der Waals surface area contributed by atoms with E-state index in [1.54, 1.807) is 20.8 Å². The Morgan fingerprint density at radius 3 is 2.24 bits per heavy atom. The number of carboxylic acids is 1. The second-order valence-electron chi connectivity index (χ2n) is 9.91. The summed E-state index contributed by atoms with van der Waals surface area (Å²) >= 11 is 0. The average Bonchev–Trinajstić information content (AvgIpc) is 3.04. The summed E-state index contributed by atoms with van der Waals surface area (Å²) in [5.41, 5.74) is 3.72. The van der Waals surface area contributed by atoms with Gasteiger partial charge in [-0.1, -0.05) is 12.1 Å². The fourth-order valence-electron chi connectivity index (χ4n) is 4.93. The fourth-order valence-corrected chi connectivity index (χ4v) is 4.93. The number of halogens is 3. The van der Waals surface area contributed by atoms with E-state index in [-0.39, 0.29) is 0 Å². The molecule has 0 amide bonds. The number of aliphatic carboxylic acids is 1. The van der Waals surface area contributed by atoms with E-state index in [2.05, 4.69) is 9.47 Å². The number of anilines is 1. The van der Waals surface area contributed by atoms with Crippen LogP contribution in [0.4, 0.5) is 18.9 Å². The third kappa shape index (κ3) is 4.04. The molecule has 0 unspecified atom stereocenters. The average molecular weight is 475 g/mol. The van der Waals surface area contributed by atoms with E-state index in [0.29, 0.717) is 16.7 Å². The molecule has 34 heavy (non-hydrogen) atoms. The van der Waals surface area contributed by atoms with E-state index >= 15 is 0 Å². The molecule has 2 aromatic carbocycles. The van der Waals surface area contributed by atoms with Gasteiger partial charge in [-0.15, -0.1) is 0 Å². The monoisotopic (exact) mass is 474 g/mol. The molecule has 1 aliphatic rings. The first-order valence-corrected chi connectivity index (χ1v) is 11.2. The zero-order chi connectivity index (χ0) is 25.2. The Balaban J connectivity index is 2.11. The summed E-state index contributed by atoms with van der Waals surface area (Å²) in [5, 5.41) is 11.0. The molecule has 1 aromatic heterocycles. The van der Waals surface area contributed by atoms with Crippen molar-refractivity contribution in [2.24, 2.45) is 0 Å². The number of benzene rings is 2. The first kappa shape index (κ1) is 24.1. The molecule has 0 saturated carbocycles. The number of aromatic nitrogens is 1. The first-order valence-electron chi connectivity index (χ1n) is 11.2. The van der Waals surface area contributed by atoms with Crippen LogP contribution < -0.4 is 4.90 Å². The number of likely N-dealkylation sites (N-methyl/N-ethyl adjacent to an activating group) is 1. The molecule has 1 aliphatic heterocycles. The van der Waals surface area contributed by atoms with Gasteiger partial charge in [-0.05, 0) is 69.5 Å². The lowest BCUT2D eigenvalue weighted by atomic mass is 9.87. The molecule has 0 saturated heterocycles. The van der Waals surface area contributed by atoms with Crippen LogP contribution in [0.3, 0.4) is 0 Å². The van der Waals surface area contributed by atoms with Gasteiger partial charge in [-0.2, -0.15) is 13.2 Å². The lowest BCUT2D eigenvalue weighted by molar-refractivity contribution is -0.160. The van der Waals surface area contributed by atoms with Crippen molar-refractivity contribution in [1.29, 1.82) is 0 Å². The maximum Gasteiger partial charge on any atom is 0.416 e. The molecule has 3 aromatic rings. The van der Waals surface area contributed by atoms with Gasteiger partial charge in [0.25, 0.3) is 0 Å². The number of hydrogen-bond donors (Lipinski definition) is 1. The Kier molecular flexibility index (Phi) is 5.71. The van der Waals surface area contributed by atoms with E-state index in [1.165, 1.54) is 12.1 Å². The van der Waals surface area contributed by atoms with E-state index in [4.69, 9.17) is 4.74 Å². The highest BCUT2D eigenvalue weighted by Gasteiger charge is 2.36. The molecule has 4 rings (SSSR count). The van der Waals surface area contributed by atoms with E-state index in [1.807, 2.05) is 27.0 Å². The zero-order valence-electron chi connectivity index (χ0n) is 20.2. The minimum absolute atomic E-state index is 0.468. The topological polar surface area (TPSA) is 54.7 Å². The highest BCUT2D eigenvalue weighted by Crippen LogP contribution is 2.47. The second kappa shape index (κ2) is 8.05. The molecule has 0 spiro atoms. The molecule has 0 radical (unpaired) electrons. The second-order valence-corrected chi connectivity index (χ2v) is 9.91. The van der Waals surface area contributed by atoms with Gasteiger partial charge in [0.05, 0.1) is 22.4 Å². The van der Waals surface area contributed by atoms with Gasteiger partial charge in [-0.3, -0.25) is 0 Å². The number of carboxylic acid groups (broad SMARTS) is 1. The Bertz CT molecular complexity index is 1270. The number of hydrogen-bond acceptors (Lipinski definition) is 3. The normalized spacial score (nSPS) is 15.1. The molecule has 5 nitrogen and oxygen atoms in total. The lowest BCUT2D eigenvalue weighted by Gasteiger charge is -2.34. The molecule has 182 valence electrons. The van der Waals surface area contributed by atoms with Gasteiger partial charge in [0.2, 0.25) is 0 Å². The van der Waals surface area contributed by atoms with Crippen molar-refractivity contribution < 1.29 is 27.8 Å². The van der Waals surface area contributed by atoms with Crippen LogP contribution in [0.2, 0.25) is 0 Å². The summed E-state index contributed by atoms with van der Waals surface area (Å²) in [6.45, 7) is 10.7. The predicted octanol–water partition coefficient (Wildman–Crippen LogP) is 6.33. The fraction of sp³-hybridized carbons (Fsp3) is 0.423. The maximum atomic E-state index is 13.2. The maximum absolute atomic E-state index is 13.2. The highest BCUT2D eigenvalue weighted by atomic mass is 19.4. The Morgan fingerprint density at radius 2 is 1.71 bits per heavy atom. The molecule has 0 aliphatic carbocycles. The smallest absolute Gasteiger partial charge is 0.416 e. The minimum Gasteiger partial charge on any atom is -0.479 e. The molecule has 1 atom stereocenters. The zero-order valence-corrected chi connectivity index (χ0v) is 20.2. The summed E-state index contributed by atoms with van der Waals surface area (Å²) < 4.78 is 47.9. The largest absolute Gasteiger partial charge is 0.479 e. The standard InChI is InChI=1S/C26H29F3N2O3/c1-14-13-18-20(16-7-9-17(10-8-16)26(27,28)29)19(23(24(32)33)34-25(3,4)5)15(2)21-22(18)31(14)12-11-30(21)6/h7-10,13,23H,11-12H2,1-6H3,(H,32,33)/t23-/m0/s1. The van der Waals surface area contributed by atoms with Crippen LogP contribution in [0.15, 0.2) is 30.3 Å². The Morgan fingerprint density at radius 1 is 1.09 bits per heavy atom. The van der Waals surface area contributed by atoms with E-state index < -0.39 is 29.4 Å². The molecular weight excluding hydrogens is 445 g/mol. The van der Waals surface area contributed by atoms with Crippen molar-refractivity contribution in [3.05, 3.63) is 52.7 Å². The highest BCUT2D eigenvalue weighted by molar-refractivity contribution is 6.07.